The number of nitrogens with zero attached hydrogens (tertiary/aromatic N) is 1. The monoisotopic (exact) mass is 261 g/mol. The maximum Gasteiger partial charge on any atom is 0.118 e. The third kappa shape index (κ3) is 3.97. The number of benzene rings is 1. The molecule has 2 nitrogen and oxygen atoms in total. The standard InChI is InChI=1S/C17H27NO/c1-18(2)13-17(14-7-5-4-6-8-14)15-9-11-16(19-3)12-10-15/h9-12,14,17H,4-8,13H2,1-3H3/t17-/m1/s1. The van der Waals surface area contributed by atoms with Gasteiger partial charge < -0.3 is 9.64 Å². The van der Waals surface area contributed by atoms with Gasteiger partial charge in [0.2, 0.25) is 0 Å². The Balaban J connectivity index is 2.14. The van der Waals surface area contributed by atoms with Crippen LogP contribution in [0, 0.1) is 5.92 Å². The van der Waals surface area contributed by atoms with E-state index in [1.54, 1.807) is 7.11 Å². The zero-order valence-electron chi connectivity index (χ0n) is 12.6. The van der Waals surface area contributed by atoms with Crippen molar-refractivity contribution in [3.8, 4) is 5.75 Å². The van der Waals surface area contributed by atoms with Crippen LogP contribution >= 0.6 is 0 Å². The van der Waals surface area contributed by atoms with E-state index < -0.39 is 0 Å². The molecule has 0 unspecified atom stereocenters. The highest BCUT2D eigenvalue weighted by molar-refractivity contribution is 5.30. The second kappa shape index (κ2) is 6.95. The zero-order chi connectivity index (χ0) is 13.7. The van der Waals surface area contributed by atoms with Crippen LogP contribution in [0.5, 0.6) is 5.75 Å². The highest BCUT2D eigenvalue weighted by atomic mass is 16.5. The summed E-state index contributed by atoms with van der Waals surface area (Å²) in [4.78, 5) is 2.32. The molecule has 1 aromatic rings. The molecule has 0 saturated heterocycles. The first-order valence-electron chi connectivity index (χ1n) is 7.49. The van der Waals surface area contributed by atoms with E-state index in [2.05, 4.69) is 43.3 Å². The number of rotatable bonds is 5. The molecule has 0 radical (unpaired) electrons. The first-order chi connectivity index (χ1) is 9.20. The van der Waals surface area contributed by atoms with Crippen molar-refractivity contribution in [1.82, 2.24) is 4.90 Å². The van der Waals surface area contributed by atoms with E-state index in [9.17, 15) is 0 Å². The van der Waals surface area contributed by atoms with Crippen LogP contribution in [0.15, 0.2) is 24.3 Å². The van der Waals surface area contributed by atoms with Gasteiger partial charge >= 0.3 is 0 Å². The predicted molar refractivity (Wildman–Crippen MR) is 80.9 cm³/mol. The molecule has 19 heavy (non-hydrogen) atoms. The SMILES string of the molecule is COc1ccc([C@H](CN(C)C)C2CCCCC2)cc1. The number of methoxy groups -OCH3 is 1. The van der Waals surface area contributed by atoms with E-state index in [1.807, 2.05) is 0 Å². The van der Waals surface area contributed by atoms with Gasteiger partial charge in [-0.05, 0) is 56.5 Å². The molecule has 1 aliphatic rings. The molecule has 1 aromatic carbocycles. The average Bonchev–Trinajstić information content (AvgIpc) is 2.46. The van der Waals surface area contributed by atoms with Crippen molar-refractivity contribution in [2.75, 3.05) is 27.7 Å². The first kappa shape index (κ1) is 14.4. The van der Waals surface area contributed by atoms with Crippen molar-refractivity contribution >= 4 is 0 Å². The Morgan fingerprint density at radius 1 is 1.11 bits per heavy atom. The lowest BCUT2D eigenvalue weighted by Gasteiger charge is -2.32. The Labute approximate surface area is 117 Å². The summed E-state index contributed by atoms with van der Waals surface area (Å²) >= 11 is 0. The largest absolute Gasteiger partial charge is 0.497 e. The van der Waals surface area contributed by atoms with Crippen LogP contribution in [-0.2, 0) is 0 Å². The average molecular weight is 261 g/mol. The molecule has 1 aliphatic carbocycles. The van der Waals surface area contributed by atoms with Crippen LogP contribution in [0.25, 0.3) is 0 Å². The van der Waals surface area contributed by atoms with Gasteiger partial charge in [-0.3, -0.25) is 0 Å². The molecule has 1 fully saturated rings. The molecule has 2 rings (SSSR count). The molecule has 1 saturated carbocycles. The van der Waals surface area contributed by atoms with E-state index in [0.717, 1.165) is 18.2 Å². The van der Waals surface area contributed by atoms with Crippen LogP contribution in [0.2, 0.25) is 0 Å². The molecule has 0 spiro atoms. The number of hydrogen-bond donors (Lipinski definition) is 0. The van der Waals surface area contributed by atoms with E-state index >= 15 is 0 Å². The maximum absolute atomic E-state index is 5.27. The minimum Gasteiger partial charge on any atom is -0.497 e. The normalized spacial score (nSPS) is 18.5. The molecule has 0 N–H and O–H groups in total. The van der Waals surface area contributed by atoms with Crippen molar-refractivity contribution in [2.45, 2.75) is 38.0 Å². The summed E-state index contributed by atoms with van der Waals surface area (Å²) in [7, 11) is 6.09. The lowest BCUT2D eigenvalue weighted by atomic mass is 9.76. The summed E-state index contributed by atoms with van der Waals surface area (Å²) in [5.41, 5.74) is 1.47. The van der Waals surface area contributed by atoms with E-state index in [1.165, 1.54) is 37.7 Å². The molecule has 0 aliphatic heterocycles. The van der Waals surface area contributed by atoms with Crippen LogP contribution in [0.1, 0.15) is 43.6 Å². The zero-order valence-corrected chi connectivity index (χ0v) is 12.6. The molecule has 0 heterocycles. The topological polar surface area (TPSA) is 12.5 Å². The van der Waals surface area contributed by atoms with Gasteiger partial charge in [0, 0.05) is 6.54 Å². The summed E-state index contributed by atoms with van der Waals surface area (Å²) in [5, 5.41) is 0. The fourth-order valence-electron chi connectivity index (χ4n) is 3.31. The van der Waals surface area contributed by atoms with Crippen molar-refractivity contribution in [1.29, 1.82) is 0 Å². The van der Waals surface area contributed by atoms with Crippen molar-refractivity contribution < 1.29 is 4.74 Å². The molecular weight excluding hydrogens is 234 g/mol. The fraction of sp³-hybridized carbons (Fsp3) is 0.647. The van der Waals surface area contributed by atoms with Gasteiger partial charge in [-0.2, -0.15) is 0 Å². The van der Waals surface area contributed by atoms with Crippen molar-refractivity contribution in [3.63, 3.8) is 0 Å². The number of hydrogen-bond acceptors (Lipinski definition) is 2. The Morgan fingerprint density at radius 2 is 1.74 bits per heavy atom. The minimum absolute atomic E-state index is 0.668. The number of ether oxygens (including phenoxy) is 1. The van der Waals surface area contributed by atoms with Gasteiger partial charge in [0.05, 0.1) is 7.11 Å². The van der Waals surface area contributed by atoms with Crippen LogP contribution in [-0.4, -0.2) is 32.6 Å². The van der Waals surface area contributed by atoms with Crippen LogP contribution in [0.3, 0.4) is 0 Å². The van der Waals surface area contributed by atoms with Gasteiger partial charge in [0.1, 0.15) is 5.75 Å². The first-order valence-corrected chi connectivity index (χ1v) is 7.49. The van der Waals surface area contributed by atoms with Gasteiger partial charge in [0.15, 0.2) is 0 Å². The quantitative estimate of drug-likeness (QED) is 0.796. The Bertz CT molecular complexity index is 365. The van der Waals surface area contributed by atoms with Gasteiger partial charge in [-0.25, -0.2) is 0 Å². The van der Waals surface area contributed by atoms with Gasteiger partial charge in [0.25, 0.3) is 0 Å². The Hall–Kier alpha value is -1.02. The lowest BCUT2D eigenvalue weighted by molar-refractivity contribution is 0.253. The Morgan fingerprint density at radius 3 is 2.26 bits per heavy atom. The van der Waals surface area contributed by atoms with Crippen molar-refractivity contribution in [2.24, 2.45) is 5.92 Å². The highest BCUT2D eigenvalue weighted by Crippen LogP contribution is 2.36. The Kier molecular flexibility index (Phi) is 5.26. The maximum atomic E-state index is 5.27. The molecule has 0 amide bonds. The molecule has 106 valence electrons. The minimum atomic E-state index is 0.668. The summed E-state index contributed by atoms with van der Waals surface area (Å²) in [6, 6.07) is 8.70. The molecule has 0 aromatic heterocycles. The molecule has 0 bridgehead atoms. The predicted octanol–water partition coefficient (Wildman–Crippen LogP) is 3.92. The molecule has 2 heteroatoms. The van der Waals surface area contributed by atoms with E-state index in [-0.39, 0.29) is 0 Å². The van der Waals surface area contributed by atoms with Gasteiger partial charge in [-0.15, -0.1) is 0 Å². The summed E-state index contributed by atoms with van der Waals surface area (Å²) in [5.74, 6) is 2.47. The lowest BCUT2D eigenvalue weighted by Crippen LogP contribution is -2.27. The fourth-order valence-corrected chi connectivity index (χ4v) is 3.31. The summed E-state index contributed by atoms with van der Waals surface area (Å²) in [6.07, 6.45) is 7.03. The summed E-state index contributed by atoms with van der Waals surface area (Å²) < 4.78 is 5.27. The van der Waals surface area contributed by atoms with Crippen molar-refractivity contribution in [3.05, 3.63) is 29.8 Å². The molecular formula is C17H27NO. The second-order valence-corrected chi connectivity index (χ2v) is 6.04. The van der Waals surface area contributed by atoms with E-state index in [4.69, 9.17) is 4.74 Å². The third-order valence-electron chi connectivity index (χ3n) is 4.32. The molecule has 1 atom stereocenters. The summed E-state index contributed by atoms with van der Waals surface area (Å²) in [6.45, 7) is 1.15. The highest BCUT2D eigenvalue weighted by Gasteiger charge is 2.25. The van der Waals surface area contributed by atoms with Gasteiger partial charge in [-0.1, -0.05) is 31.4 Å². The smallest absolute Gasteiger partial charge is 0.118 e. The number of likely N-dealkylation sites (N-methyl/N-ethyl adjacent to an activating group) is 1. The van der Waals surface area contributed by atoms with Crippen LogP contribution in [0.4, 0.5) is 0 Å². The van der Waals surface area contributed by atoms with Crippen LogP contribution < -0.4 is 4.74 Å². The third-order valence-corrected chi connectivity index (χ3v) is 4.32. The van der Waals surface area contributed by atoms with E-state index in [0.29, 0.717) is 5.92 Å². The second-order valence-electron chi connectivity index (χ2n) is 6.04.